The van der Waals surface area contributed by atoms with Crippen LogP contribution in [0, 0.1) is 0 Å². The van der Waals surface area contributed by atoms with Gasteiger partial charge in [-0.2, -0.15) is 0 Å². The van der Waals surface area contributed by atoms with Gasteiger partial charge in [0.1, 0.15) is 4.60 Å². The molecule has 2 aromatic heterocycles. The normalized spacial score (nSPS) is 18.2. The van der Waals surface area contributed by atoms with E-state index in [4.69, 9.17) is 9.15 Å². The van der Waals surface area contributed by atoms with Crippen molar-refractivity contribution in [1.82, 2.24) is 4.98 Å². The minimum absolute atomic E-state index is 0.293. The summed E-state index contributed by atoms with van der Waals surface area (Å²) < 4.78 is 11.4. The lowest BCUT2D eigenvalue weighted by atomic mass is 10.2. The third kappa shape index (κ3) is 1.80. The quantitative estimate of drug-likeness (QED) is 0.821. The average molecular weight is 295 g/mol. The van der Waals surface area contributed by atoms with Gasteiger partial charge in [0, 0.05) is 0 Å². The third-order valence-electron chi connectivity index (χ3n) is 2.35. The van der Waals surface area contributed by atoms with Gasteiger partial charge in [0.25, 0.3) is 5.91 Å². The van der Waals surface area contributed by atoms with E-state index >= 15 is 0 Å². The highest BCUT2D eigenvalue weighted by Crippen LogP contribution is 2.34. The molecule has 0 fully saturated rings. The van der Waals surface area contributed by atoms with E-state index in [0.29, 0.717) is 21.9 Å². The zero-order chi connectivity index (χ0) is 11.8. The maximum Gasteiger partial charge on any atom is 0.274 e. The number of rotatable bonds is 1. The first-order valence-electron chi connectivity index (χ1n) is 4.91. The minimum Gasteiger partial charge on any atom is -0.469 e. The first-order valence-corrected chi connectivity index (χ1v) is 5.71. The number of amides is 1. The van der Waals surface area contributed by atoms with Gasteiger partial charge < -0.3 is 14.5 Å². The molecule has 0 saturated heterocycles. The van der Waals surface area contributed by atoms with Crippen molar-refractivity contribution in [2.75, 3.05) is 5.32 Å². The van der Waals surface area contributed by atoms with Crippen LogP contribution in [-0.2, 0) is 4.79 Å². The van der Waals surface area contributed by atoms with Crippen LogP contribution in [0.2, 0.25) is 0 Å². The number of fused-ring (bicyclic) bond motifs is 1. The Labute approximate surface area is 105 Å². The zero-order valence-corrected chi connectivity index (χ0v) is 10.1. The summed E-state index contributed by atoms with van der Waals surface area (Å²) in [6, 6.07) is 6.89. The molecular formula is C11H7BrN2O3. The fourth-order valence-corrected chi connectivity index (χ4v) is 1.91. The number of carbonyl (C=O) groups excluding carboxylic acids is 1. The van der Waals surface area contributed by atoms with Gasteiger partial charge in [-0.25, -0.2) is 4.98 Å². The van der Waals surface area contributed by atoms with Crippen LogP contribution in [0.3, 0.4) is 0 Å². The molecule has 5 nitrogen and oxygen atoms in total. The van der Waals surface area contributed by atoms with Crippen molar-refractivity contribution in [3.05, 3.63) is 40.9 Å². The van der Waals surface area contributed by atoms with Crippen LogP contribution >= 0.6 is 15.9 Å². The van der Waals surface area contributed by atoms with Crippen LogP contribution in [-0.4, -0.2) is 10.9 Å². The lowest BCUT2D eigenvalue weighted by molar-refractivity contribution is -0.124. The number of carbonyl (C=O) groups is 1. The maximum atomic E-state index is 11.8. The molecule has 86 valence electrons. The Balaban J connectivity index is 1.98. The largest absolute Gasteiger partial charge is 0.469 e. The number of hydrogen-bond donors (Lipinski definition) is 1. The van der Waals surface area contributed by atoms with Crippen molar-refractivity contribution in [3.63, 3.8) is 0 Å². The van der Waals surface area contributed by atoms with Crippen LogP contribution in [0.5, 0.6) is 5.75 Å². The molecule has 0 aromatic carbocycles. The van der Waals surface area contributed by atoms with E-state index < -0.39 is 6.10 Å². The Morgan fingerprint density at radius 1 is 1.35 bits per heavy atom. The molecule has 1 aliphatic rings. The van der Waals surface area contributed by atoms with E-state index in [1.165, 1.54) is 6.26 Å². The number of halogens is 1. The standard InChI is InChI=1S/C11H7BrN2O3/c12-8-4-3-7-10(13-8)14-11(15)9(17-7)6-2-1-5-16-6/h1-5,9H,(H,13,14,15). The molecule has 3 rings (SSSR count). The molecule has 0 bridgehead atoms. The summed E-state index contributed by atoms with van der Waals surface area (Å²) in [5.41, 5.74) is 0. The number of hydrogen-bond acceptors (Lipinski definition) is 4. The molecule has 1 atom stereocenters. The number of pyridine rings is 1. The van der Waals surface area contributed by atoms with Gasteiger partial charge in [0.15, 0.2) is 17.3 Å². The van der Waals surface area contributed by atoms with Crippen LogP contribution in [0.4, 0.5) is 5.82 Å². The van der Waals surface area contributed by atoms with Crippen LogP contribution in [0.25, 0.3) is 0 Å². The molecule has 0 aliphatic carbocycles. The Morgan fingerprint density at radius 3 is 3.00 bits per heavy atom. The summed E-state index contributed by atoms with van der Waals surface area (Å²) in [5.74, 6) is 1.11. The van der Waals surface area contributed by atoms with Gasteiger partial charge in [-0.15, -0.1) is 0 Å². The molecule has 0 radical (unpaired) electrons. The van der Waals surface area contributed by atoms with Gasteiger partial charge in [0.2, 0.25) is 6.10 Å². The van der Waals surface area contributed by atoms with E-state index in [0.717, 1.165) is 0 Å². The van der Waals surface area contributed by atoms with E-state index in [9.17, 15) is 4.79 Å². The lowest BCUT2D eigenvalue weighted by Crippen LogP contribution is -2.30. The Kier molecular flexibility index (Phi) is 2.36. The Morgan fingerprint density at radius 2 is 2.24 bits per heavy atom. The highest BCUT2D eigenvalue weighted by atomic mass is 79.9. The van der Waals surface area contributed by atoms with Crippen molar-refractivity contribution >= 4 is 27.7 Å². The SMILES string of the molecule is O=C1Nc2nc(Br)ccc2OC1c1ccco1. The molecule has 6 heteroatoms. The number of nitrogens with zero attached hydrogens (tertiary/aromatic N) is 1. The van der Waals surface area contributed by atoms with Gasteiger partial charge in [-0.05, 0) is 40.2 Å². The number of aromatic nitrogens is 1. The van der Waals surface area contributed by atoms with Crippen molar-refractivity contribution in [2.45, 2.75) is 6.10 Å². The first kappa shape index (κ1) is 10.3. The van der Waals surface area contributed by atoms with E-state index in [1.54, 1.807) is 24.3 Å². The van der Waals surface area contributed by atoms with Gasteiger partial charge in [0.05, 0.1) is 6.26 Å². The van der Waals surface area contributed by atoms with E-state index in [-0.39, 0.29) is 5.91 Å². The van der Waals surface area contributed by atoms with Crippen LogP contribution in [0.15, 0.2) is 39.5 Å². The molecule has 0 saturated carbocycles. The molecule has 1 aliphatic heterocycles. The van der Waals surface area contributed by atoms with Crippen LogP contribution < -0.4 is 10.1 Å². The summed E-state index contributed by atoms with van der Waals surface area (Å²) in [7, 11) is 0. The Hall–Kier alpha value is -1.82. The predicted octanol–water partition coefficient (Wildman–Crippen LogP) is 2.51. The second-order valence-corrected chi connectivity index (χ2v) is 4.30. The second kappa shape index (κ2) is 3.89. The third-order valence-corrected chi connectivity index (χ3v) is 2.79. The van der Waals surface area contributed by atoms with Gasteiger partial charge in [-0.3, -0.25) is 4.79 Å². The van der Waals surface area contributed by atoms with Crippen molar-refractivity contribution in [3.8, 4) is 5.75 Å². The number of anilines is 1. The van der Waals surface area contributed by atoms with E-state index in [2.05, 4.69) is 26.2 Å². The minimum atomic E-state index is -0.763. The van der Waals surface area contributed by atoms with Gasteiger partial charge >= 0.3 is 0 Å². The number of ether oxygens (including phenoxy) is 1. The van der Waals surface area contributed by atoms with E-state index in [1.807, 2.05) is 0 Å². The summed E-state index contributed by atoms with van der Waals surface area (Å²) >= 11 is 3.23. The zero-order valence-electron chi connectivity index (χ0n) is 8.51. The molecule has 1 unspecified atom stereocenters. The molecule has 1 N–H and O–H groups in total. The summed E-state index contributed by atoms with van der Waals surface area (Å²) in [4.78, 5) is 15.9. The number of furan rings is 1. The molecule has 0 spiro atoms. The fraction of sp³-hybridized carbons (Fsp3) is 0.0909. The predicted molar refractivity (Wildman–Crippen MR) is 62.6 cm³/mol. The first-order chi connectivity index (χ1) is 8.24. The van der Waals surface area contributed by atoms with Crippen molar-refractivity contribution < 1.29 is 13.9 Å². The van der Waals surface area contributed by atoms with Crippen molar-refractivity contribution in [2.24, 2.45) is 0 Å². The highest BCUT2D eigenvalue weighted by Gasteiger charge is 2.31. The summed E-state index contributed by atoms with van der Waals surface area (Å²) in [6.07, 6.45) is 0.738. The highest BCUT2D eigenvalue weighted by molar-refractivity contribution is 9.10. The fourth-order valence-electron chi connectivity index (χ4n) is 1.60. The number of nitrogens with one attached hydrogen (secondary N) is 1. The molecule has 1 amide bonds. The lowest BCUT2D eigenvalue weighted by Gasteiger charge is -2.23. The monoisotopic (exact) mass is 294 g/mol. The molecule has 17 heavy (non-hydrogen) atoms. The molecule has 2 aromatic rings. The molecule has 3 heterocycles. The summed E-state index contributed by atoms with van der Waals surface area (Å²) in [6.45, 7) is 0. The smallest absolute Gasteiger partial charge is 0.274 e. The van der Waals surface area contributed by atoms with Gasteiger partial charge in [-0.1, -0.05) is 0 Å². The summed E-state index contributed by atoms with van der Waals surface area (Å²) in [5, 5.41) is 2.67. The average Bonchev–Trinajstić information content (AvgIpc) is 2.81. The molecular weight excluding hydrogens is 288 g/mol. The maximum absolute atomic E-state index is 11.8. The second-order valence-electron chi connectivity index (χ2n) is 3.48. The van der Waals surface area contributed by atoms with Crippen molar-refractivity contribution in [1.29, 1.82) is 0 Å². The topological polar surface area (TPSA) is 64.4 Å². The Bertz CT molecular complexity index is 568. The van der Waals surface area contributed by atoms with Crippen LogP contribution in [0.1, 0.15) is 11.9 Å².